The molecular weight excluding hydrogens is 222 g/mol. The first-order valence-corrected chi connectivity index (χ1v) is 5.57. The van der Waals surface area contributed by atoms with Gasteiger partial charge in [0.1, 0.15) is 5.82 Å². The number of aryl methyl sites for hydroxylation is 1. The number of anilines is 1. The molecule has 0 saturated heterocycles. The Hall–Kier alpha value is -1.69. The molecule has 0 fully saturated rings. The Balaban J connectivity index is 2.96. The summed E-state index contributed by atoms with van der Waals surface area (Å²) in [6.45, 7) is 5.06. The van der Waals surface area contributed by atoms with Crippen molar-refractivity contribution in [2.45, 2.75) is 20.3 Å². The van der Waals surface area contributed by atoms with Gasteiger partial charge in [-0.15, -0.1) is 0 Å². The number of hydrogen-bond donors (Lipinski definition) is 1. The SMILES string of the molecule is CCN(CCCO)c1cc([N+](=O)[O-])c(C)cn1. The zero-order valence-corrected chi connectivity index (χ0v) is 10.1. The molecule has 0 unspecified atom stereocenters. The van der Waals surface area contributed by atoms with Crippen LogP contribution in [-0.4, -0.2) is 34.7 Å². The molecule has 0 aliphatic carbocycles. The van der Waals surface area contributed by atoms with Crippen LogP contribution in [0.3, 0.4) is 0 Å². The van der Waals surface area contributed by atoms with Gasteiger partial charge in [0, 0.05) is 31.5 Å². The average Bonchev–Trinajstić information content (AvgIpc) is 2.31. The molecular formula is C11H17N3O3. The second kappa shape index (κ2) is 6.15. The van der Waals surface area contributed by atoms with Gasteiger partial charge >= 0.3 is 0 Å². The smallest absolute Gasteiger partial charge is 0.277 e. The van der Waals surface area contributed by atoms with Gasteiger partial charge in [0.05, 0.1) is 11.0 Å². The van der Waals surface area contributed by atoms with Crippen molar-refractivity contribution >= 4 is 11.5 Å². The molecule has 1 aromatic rings. The zero-order chi connectivity index (χ0) is 12.8. The number of hydrogen-bond acceptors (Lipinski definition) is 5. The number of aliphatic hydroxyl groups is 1. The molecule has 0 aliphatic heterocycles. The summed E-state index contributed by atoms with van der Waals surface area (Å²) in [5.41, 5.74) is 0.634. The van der Waals surface area contributed by atoms with Crippen molar-refractivity contribution in [2.75, 3.05) is 24.6 Å². The average molecular weight is 239 g/mol. The van der Waals surface area contributed by atoms with E-state index in [9.17, 15) is 10.1 Å². The van der Waals surface area contributed by atoms with Crippen LogP contribution in [0.1, 0.15) is 18.9 Å². The van der Waals surface area contributed by atoms with Gasteiger partial charge in [-0.3, -0.25) is 10.1 Å². The lowest BCUT2D eigenvalue weighted by atomic mass is 10.2. The van der Waals surface area contributed by atoms with Crippen LogP contribution < -0.4 is 4.90 Å². The first kappa shape index (κ1) is 13.4. The molecule has 0 bridgehead atoms. The van der Waals surface area contributed by atoms with E-state index in [0.29, 0.717) is 30.9 Å². The molecule has 6 heteroatoms. The fraction of sp³-hybridized carbons (Fsp3) is 0.545. The van der Waals surface area contributed by atoms with Gasteiger partial charge in [0.25, 0.3) is 5.69 Å². The molecule has 0 amide bonds. The molecule has 0 aromatic carbocycles. The van der Waals surface area contributed by atoms with Crippen LogP contribution in [0.15, 0.2) is 12.3 Å². The second-order valence-corrected chi connectivity index (χ2v) is 3.74. The number of nitro groups is 1. The summed E-state index contributed by atoms with van der Waals surface area (Å²) in [6, 6.07) is 1.48. The highest BCUT2D eigenvalue weighted by atomic mass is 16.6. The predicted octanol–water partition coefficient (Wildman–Crippen LogP) is 1.51. The van der Waals surface area contributed by atoms with Crippen LogP contribution in [0.25, 0.3) is 0 Å². The van der Waals surface area contributed by atoms with Crippen molar-refractivity contribution in [3.63, 3.8) is 0 Å². The third-order valence-electron chi connectivity index (χ3n) is 2.55. The van der Waals surface area contributed by atoms with E-state index in [1.54, 1.807) is 6.92 Å². The molecule has 17 heavy (non-hydrogen) atoms. The Morgan fingerprint density at radius 2 is 2.29 bits per heavy atom. The van der Waals surface area contributed by atoms with Crippen molar-refractivity contribution in [1.82, 2.24) is 4.98 Å². The molecule has 0 aliphatic rings. The van der Waals surface area contributed by atoms with Gasteiger partial charge in [-0.1, -0.05) is 0 Å². The molecule has 1 aromatic heterocycles. The van der Waals surface area contributed by atoms with Gasteiger partial charge in [0.15, 0.2) is 0 Å². The summed E-state index contributed by atoms with van der Waals surface area (Å²) in [6.07, 6.45) is 2.13. The maximum absolute atomic E-state index is 10.8. The van der Waals surface area contributed by atoms with Crippen molar-refractivity contribution in [2.24, 2.45) is 0 Å². The van der Waals surface area contributed by atoms with Crippen LogP contribution in [0.2, 0.25) is 0 Å². The Bertz CT molecular complexity index is 396. The zero-order valence-electron chi connectivity index (χ0n) is 10.1. The molecule has 0 radical (unpaired) electrons. The van der Waals surface area contributed by atoms with E-state index in [0.717, 1.165) is 0 Å². The van der Waals surface area contributed by atoms with E-state index in [2.05, 4.69) is 4.98 Å². The van der Waals surface area contributed by atoms with E-state index in [1.807, 2.05) is 11.8 Å². The molecule has 0 saturated carbocycles. The summed E-state index contributed by atoms with van der Waals surface area (Å²) in [5, 5.41) is 19.6. The van der Waals surface area contributed by atoms with Gasteiger partial charge in [-0.25, -0.2) is 4.98 Å². The van der Waals surface area contributed by atoms with E-state index in [-0.39, 0.29) is 12.3 Å². The second-order valence-electron chi connectivity index (χ2n) is 3.74. The van der Waals surface area contributed by atoms with Crippen LogP contribution in [0, 0.1) is 17.0 Å². The lowest BCUT2D eigenvalue weighted by Crippen LogP contribution is -2.25. The first-order valence-electron chi connectivity index (χ1n) is 5.57. The minimum atomic E-state index is -0.402. The molecule has 94 valence electrons. The predicted molar refractivity (Wildman–Crippen MR) is 65.2 cm³/mol. The van der Waals surface area contributed by atoms with Crippen LogP contribution >= 0.6 is 0 Å². The van der Waals surface area contributed by atoms with Gasteiger partial charge < -0.3 is 10.0 Å². The highest BCUT2D eigenvalue weighted by Crippen LogP contribution is 2.22. The maximum atomic E-state index is 10.8. The number of aromatic nitrogens is 1. The van der Waals surface area contributed by atoms with Gasteiger partial charge in [-0.05, 0) is 20.3 Å². The number of aliphatic hydroxyl groups excluding tert-OH is 1. The van der Waals surface area contributed by atoms with Crippen molar-refractivity contribution in [3.8, 4) is 0 Å². The summed E-state index contributed by atoms with van der Waals surface area (Å²) in [5.74, 6) is 0.582. The normalized spacial score (nSPS) is 10.3. The van der Waals surface area contributed by atoms with Crippen molar-refractivity contribution in [3.05, 3.63) is 27.9 Å². The van der Waals surface area contributed by atoms with E-state index < -0.39 is 4.92 Å². The lowest BCUT2D eigenvalue weighted by molar-refractivity contribution is -0.385. The summed E-state index contributed by atoms with van der Waals surface area (Å²) in [4.78, 5) is 16.5. The van der Waals surface area contributed by atoms with Crippen LogP contribution in [0.4, 0.5) is 11.5 Å². The number of nitrogens with zero attached hydrogens (tertiary/aromatic N) is 3. The highest BCUT2D eigenvalue weighted by molar-refractivity contribution is 5.50. The molecule has 1 N–H and O–H groups in total. The van der Waals surface area contributed by atoms with E-state index >= 15 is 0 Å². The topological polar surface area (TPSA) is 79.5 Å². The fourth-order valence-electron chi connectivity index (χ4n) is 1.57. The maximum Gasteiger partial charge on any atom is 0.277 e. The summed E-state index contributed by atoms with van der Waals surface area (Å²) >= 11 is 0. The van der Waals surface area contributed by atoms with Crippen molar-refractivity contribution < 1.29 is 10.0 Å². The molecule has 1 heterocycles. The largest absolute Gasteiger partial charge is 0.396 e. The first-order chi connectivity index (χ1) is 8.10. The Morgan fingerprint density at radius 3 is 2.82 bits per heavy atom. The minimum absolute atomic E-state index is 0.0810. The lowest BCUT2D eigenvalue weighted by Gasteiger charge is -2.21. The van der Waals surface area contributed by atoms with Gasteiger partial charge in [0.2, 0.25) is 0 Å². The Morgan fingerprint density at radius 1 is 1.59 bits per heavy atom. The third-order valence-corrected chi connectivity index (χ3v) is 2.55. The van der Waals surface area contributed by atoms with E-state index in [4.69, 9.17) is 5.11 Å². The molecule has 6 nitrogen and oxygen atoms in total. The molecule has 0 spiro atoms. The van der Waals surface area contributed by atoms with Crippen molar-refractivity contribution in [1.29, 1.82) is 0 Å². The summed E-state index contributed by atoms with van der Waals surface area (Å²) < 4.78 is 0. The monoisotopic (exact) mass is 239 g/mol. The van der Waals surface area contributed by atoms with Crippen LogP contribution in [0.5, 0.6) is 0 Å². The standard InChI is InChI=1S/C11H17N3O3/c1-3-13(5-4-6-15)11-7-10(14(16)17)9(2)8-12-11/h7-8,15H,3-6H2,1-2H3. The fourth-order valence-corrected chi connectivity index (χ4v) is 1.57. The third kappa shape index (κ3) is 3.39. The number of rotatable bonds is 6. The van der Waals surface area contributed by atoms with E-state index in [1.165, 1.54) is 12.3 Å². The molecule has 0 atom stereocenters. The van der Waals surface area contributed by atoms with Gasteiger partial charge in [-0.2, -0.15) is 0 Å². The van der Waals surface area contributed by atoms with Crippen LogP contribution in [-0.2, 0) is 0 Å². The minimum Gasteiger partial charge on any atom is -0.396 e. The quantitative estimate of drug-likeness (QED) is 0.601. The molecule has 1 rings (SSSR count). The Kier molecular flexibility index (Phi) is 4.84. The highest BCUT2D eigenvalue weighted by Gasteiger charge is 2.14. The summed E-state index contributed by atoms with van der Waals surface area (Å²) in [7, 11) is 0. The number of pyridine rings is 1. The Labute approximate surface area is 100 Å².